The highest BCUT2D eigenvalue weighted by atomic mass is 79.9. The Kier molecular flexibility index (Phi) is 4.64. The van der Waals surface area contributed by atoms with Crippen LogP contribution in [-0.4, -0.2) is 29.9 Å². The maximum atomic E-state index is 13.5. The second kappa shape index (κ2) is 6.34. The van der Waals surface area contributed by atoms with Gasteiger partial charge in [0.25, 0.3) is 5.92 Å². The lowest BCUT2D eigenvalue weighted by molar-refractivity contribution is -0.203. The molecule has 3 rings (SSSR count). The summed E-state index contributed by atoms with van der Waals surface area (Å²) in [5.41, 5.74) is 0.451. The van der Waals surface area contributed by atoms with Gasteiger partial charge in [0.1, 0.15) is 0 Å². The number of rotatable bonds is 4. The highest BCUT2D eigenvalue weighted by Gasteiger charge is 2.66. The summed E-state index contributed by atoms with van der Waals surface area (Å²) < 4.78 is 33.0. The first-order chi connectivity index (χ1) is 11.6. The van der Waals surface area contributed by atoms with Gasteiger partial charge in [-0.3, -0.25) is 9.59 Å². The van der Waals surface area contributed by atoms with Crippen molar-refractivity contribution in [1.82, 2.24) is 5.32 Å². The minimum absolute atomic E-state index is 0.199. The van der Waals surface area contributed by atoms with E-state index in [2.05, 4.69) is 21.2 Å². The molecule has 1 aromatic rings. The fourth-order valence-electron chi connectivity index (χ4n) is 3.57. The Balaban J connectivity index is 1.71. The van der Waals surface area contributed by atoms with Crippen molar-refractivity contribution in [2.24, 2.45) is 5.41 Å². The molecule has 136 valence electrons. The summed E-state index contributed by atoms with van der Waals surface area (Å²) in [6, 6.07) is 5.69. The Labute approximate surface area is 153 Å². The Morgan fingerprint density at radius 3 is 2.48 bits per heavy atom. The molecular formula is C18H20BrF2NO3. The van der Waals surface area contributed by atoms with Crippen LogP contribution >= 0.6 is 15.9 Å². The van der Waals surface area contributed by atoms with Gasteiger partial charge in [0, 0.05) is 23.4 Å². The number of nitrogens with one attached hydrogen (secondary N) is 1. The van der Waals surface area contributed by atoms with Crippen LogP contribution in [0.2, 0.25) is 0 Å². The Hall–Kier alpha value is -1.50. The molecular weight excluding hydrogens is 396 g/mol. The van der Waals surface area contributed by atoms with Crippen LogP contribution in [0.3, 0.4) is 0 Å². The lowest BCUT2D eigenvalue weighted by atomic mass is 9.65. The zero-order valence-corrected chi connectivity index (χ0v) is 15.7. The zero-order valence-electron chi connectivity index (χ0n) is 14.1. The van der Waals surface area contributed by atoms with Gasteiger partial charge in [0.05, 0.1) is 6.10 Å². The number of halogens is 3. The molecule has 4 nitrogen and oxygen atoms in total. The molecule has 1 fully saturated rings. The van der Waals surface area contributed by atoms with Crippen LogP contribution in [0.15, 0.2) is 22.7 Å². The van der Waals surface area contributed by atoms with E-state index in [0.29, 0.717) is 12.8 Å². The molecule has 0 heterocycles. The van der Waals surface area contributed by atoms with Crippen molar-refractivity contribution in [3.63, 3.8) is 0 Å². The van der Waals surface area contributed by atoms with Gasteiger partial charge in [0.15, 0.2) is 5.41 Å². The van der Waals surface area contributed by atoms with E-state index < -0.39 is 42.2 Å². The maximum absolute atomic E-state index is 13.5. The molecule has 0 spiro atoms. The molecule has 1 N–H and O–H groups in total. The molecule has 0 radical (unpaired) electrons. The van der Waals surface area contributed by atoms with E-state index in [-0.39, 0.29) is 6.04 Å². The van der Waals surface area contributed by atoms with Gasteiger partial charge in [-0.25, -0.2) is 8.78 Å². The smallest absolute Gasteiger partial charge is 0.322 e. The minimum Gasteiger partial charge on any atom is -0.462 e. The summed E-state index contributed by atoms with van der Waals surface area (Å²) in [7, 11) is 0. The van der Waals surface area contributed by atoms with E-state index in [0.717, 1.165) is 15.6 Å². The Morgan fingerprint density at radius 2 is 1.88 bits per heavy atom. The monoisotopic (exact) mass is 415 g/mol. The number of amides is 1. The first-order valence-corrected chi connectivity index (χ1v) is 9.08. The Morgan fingerprint density at radius 1 is 1.24 bits per heavy atom. The number of carbonyl (C=O) groups is 2. The summed E-state index contributed by atoms with van der Waals surface area (Å²) in [5.74, 6) is -4.51. The van der Waals surface area contributed by atoms with E-state index in [1.165, 1.54) is 0 Å². The standard InChI is InChI=1S/C18H20BrF2NO3/c1-10(2)25-16(24)17(8-18(20,21)9-17)15(23)22-14-6-11-3-4-13(19)5-12(11)7-14/h3-5,10,14H,6-9H2,1-2H3,(H,22,23). The van der Waals surface area contributed by atoms with Gasteiger partial charge in [0.2, 0.25) is 5.91 Å². The third-order valence-corrected chi connectivity index (χ3v) is 5.22. The van der Waals surface area contributed by atoms with Crippen LogP contribution in [0.1, 0.15) is 37.8 Å². The number of ether oxygens (including phenoxy) is 1. The number of benzene rings is 1. The number of esters is 1. The Bertz CT molecular complexity index is 712. The molecule has 0 saturated heterocycles. The predicted molar refractivity (Wildman–Crippen MR) is 91.3 cm³/mol. The van der Waals surface area contributed by atoms with Crippen molar-refractivity contribution in [1.29, 1.82) is 0 Å². The molecule has 0 aliphatic heterocycles. The zero-order chi connectivity index (χ0) is 18.4. The third-order valence-electron chi connectivity index (χ3n) is 4.73. The normalized spacial score (nSPS) is 22.9. The molecule has 1 saturated carbocycles. The van der Waals surface area contributed by atoms with E-state index in [1.807, 2.05) is 18.2 Å². The van der Waals surface area contributed by atoms with E-state index >= 15 is 0 Å². The SMILES string of the molecule is CC(C)OC(=O)C1(C(=O)NC2Cc3ccc(Br)cc3C2)CC(F)(F)C1. The largest absolute Gasteiger partial charge is 0.462 e. The van der Waals surface area contributed by atoms with Gasteiger partial charge in [-0.05, 0) is 49.9 Å². The van der Waals surface area contributed by atoms with E-state index in [1.54, 1.807) is 13.8 Å². The highest BCUT2D eigenvalue weighted by molar-refractivity contribution is 9.10. The summed E-state index contributed by atoms with van der Waals surface area (Å²) in [6.45, 7) is 3.26. The minimum atomic E-state index is -3.00. The topological polar surface area (TPSA) is 55.4 Å². The van der Waals surface area contributed by atoms with Crippen molar-refractivity contribution in [2.45, 2.75) is 57.6 Å². The van der Waals surface area contributed by atoms with Crippen LogP contribution in [-0.2, 0) is 27.2 Å². The molecule has 1 aromatic carbocycles. The molecule has 7 heteroatoms. The number of carbonyl (C=O) groups excluding carboxylic acids is 2. The molecule has 1 amide bonds. The highest BCUT2D eigenvalue weighted by Crippen LogP contribution is 2.53. The maximum Gasteiger partial charge on any atom is 0.322 e. The van der Waals surface area contributed by atoms with Crippen molar-refractivity contribution in [3.8, 4) is 0 Å². The third kappa shape index (κ3) is 3.57. The van der Waals surface area contributed by atoms with Crippen LogP contribution in [0.25, 0.3) is 0 Å². The molecule has 0 bridgehead atoms. The second-order valence-electron chi connectivity index (χ2n) is 7.24. The fraction of sp³-hybridized carbons (Fsp3) is 0.556. The van der Waals surface area contributed by atoms with Crippen LogP contribution in [0.4, 0.5) is 8.78 Å². The molecule has 25 heavy (non-hydrogen) atoms. The van der Waals surface area contributed by atoms with Crippen molar-refractivity contribution in [2.75, 3.05) is 0 Å². The first kappa shape index (κ1) is 18.3. The predicted octanol–water partition coefficient (Wildman–Crippen LogP) is 3.40. The van der Waals surface area contributed by atoms with E-state index in [4.69, 9.17) is 4.74 Å². The van der Waals surface area contributed by atoms with Gasteiger partial charge in [-0.15, -0.1) is 0 Å². The van der Waals surface area contributed by atoms with Crippen LogP contribution < -0.4 is 5.32 Å². The summed E-state index contributed by atoms with van der Waals surface area (Å²) >= 11 is 3.41. The molecule has 2 aliphatic carbocycles. The van der Waals surface area contributed by atoms with Crippen molar-refractivity contribution in [3.05, 3.63) is 33.8 Å². The molecule has 1 unspecified atom stereocenters. The average molecular weight is 416 g/mol. The molecule has 2 aliphatic rings. The van der Waals surface area contributed by atoms with Gasteiger partial charge < -0.3 is 10.1 Å². The number of fused-ring (bicyclic) bond motifs is 1. The van der Waals surface area contributed by atoms with E-state index in [9.17, 15) is 18.4 Å². The lowest BCUT2D eigenvalue weighted by Crippen LogP contribution is -2.61. The molecule has 0 aromatic heterocycles. The summed E-state index contributed by atoms with van der Waals surface area (Å²) in [5, 5.41) is 2.79. The number of alkyl halides is 2. The molecule has 1 atom stereocenters. The first-order valence-electron chi connectivity index (χ1n) is 8.28. The van der Waals surface area contributed by atoms with Crippen molar-refractivity contribution >= 4 is 27.8 Å². The van der Waals surface area contributed by atoms with Gasteiger partial charge in [-0.2, -0.15) is 0 Å². The number of hydrogen-bond acceptors (Lipinski definition) is 3. The summed E-state index contributed by atoms with van der Waals surface area (Å²) in [4.78, 5) is 25.0. The fourth-order valence-corrected chi connectivity index (χ4v) is 3.98. The lowest BCUT2D eigenvalue weighted by Gasteiger charge is -2.44. The summed E-state index contributed by atoms with van der Waals surface area (Å²) in [6.07, 6.45) is -0.795. The second-order valence-corrected chi connectivity index (χ2v) is 8.15. The quantitative estimate of drug-likeness (QED) is 0.605. The average Bonchev–Trinajstić information content (AvgIpc) is 2.84. The number of hydrogen-bond donors (Lipinski definition) is 1. The van der Waals surface area contributed by atoms with Gasteiger partial charge in [-0.1, -0.05) is 22.0 Å². The van der Waals surface area contributed by atoms with Gasteiger partial charge >= 0.3 is 5.97 Å². The van der Waals surface area contributed by atoms with Crippen LogP contribution in [0.5, 0.6) is 0 Å². The van der Waals surface area contributed by atoms with Crippen LogP contribution in [0, 0.1) is 5.41 Å². The van der Waals surface area contributed by atoms with Crippen molar-refractivity contribution < 1.29 is 23.1 Å².